The molecule has 0 bridgehead atoms. The van der Waals surface area contributed by atoms with Gasteiger partial charge in [-0.3, -0.25) is 0 Å². The van der Waals surface area contributed by atoms with E-state index in [9.17, 15) is 0 Å². The van der Waals surface area contributed by atoms with E-state index in [4.69, 9.17) is 5.26 Å². The van der Waals surface area contributed by atoms with Crippen molar-refractivity contribution < 1.29 is 0 Å². The van der Waals surface area contributed by atoms with Crippen molar-refractivity contribution in [1.29, 1.82) is 5.26 Å². The third kappa shape index (κ3) is 4.46. The van der Waals surface area contributed by atoms with Crippen LogP contribution in [0.4, 0.5) is 0 Å². The van der Waals surface area contributed by atoms with Crippen molar-refractivity contribution in [2.45, 2.75) is 32.4 Å². The van der Waals surface area contributed by atoms with Crippen molar-refractivity contribution >= 4 is 15.9 Å². The van der Waals surface area contributed by atoms with Crippen molar-refractivity contribution in [3.8, 4) is 6.07 Å². The van der Waals surface area contributed by atoms with E-state index in [1.165, 1.54) is 5.56 Å². The van der Waals surface area contributed by atoms with Gasteiger partial charge < -0.3 is 5.32 Å². The second-order valence-corrected chi connectivity index (χ2v) is 4.39. The molecule has 2 nitrogen and oxygen atoms in total. The number of rotatable bonds is 5. The lowest BCUT2D eigenvalue weighted by Crippen LogP contribution is -2.27. The van der Waals surface area contributed by atoms with Crippen LogP contribution in [0.2, 0.25) is 0 Å². The smallest absolute Gasteiger partial charge is 0.0638 e. The SMILES string of the molecule is CC[C@H](CC#N)NCc1cccc(Br)c1. The number of nitriles is 1. The minimum atomic E-state index is 0.300. The first kappa shape index (κ1) is 12.2. The molecule has 1 aromatic carbocycles. The molecule has 0 aromatic heterocycles. The van der Waals surface area contributed by atoms with E-state index in [0.29, 0.717) is 12.5 Å². The lowest BCUT2D eigenvalue weighted by atomic mass is 10.1. The summed E-state index contributed by atoms with van der Waals surface area (Å²) in [5.74, 6) is 0. The third-order valence-electron chi connectivity index (χ3n) is 2.31. The Morgan fingerprint density at radius 2 is 2.33 bits per heavy atom. The van der Waals surface area contributed by atoms with Crippen LogP contribution in [0.15, 0.2) is 28.7 Å². The molecule has 0 amide bonds. The second-order valence-electron chi connectivity index (χ2n) is 3.48. The van der Waals surface area contributed by atoms with E-state index in [1.54, 1.807) is 0 Å². The number of benzene rings is 1. The van der Waals surface area contributed by atoms with Crippen LogP contribution in [-0.4, -0.2) is 6.04 Å². The van der Waals surface area contributed by atoms with E-state index in [1.807, 2.05) is 12.1 Å². The van der Waals surface area contributed by atoms with Crippen molar-refractivity contribution in [2.24, 2.45) is 0 Å². The van der Waals surface area contributed by atoms with Crippen LogP contribution in [0, 0.1) is 11.3 Å². The van der Waals surface area contributed by atoms with Crippen LogP contribution < -0.4 is 5.32 Å². The fourth-order valence-electron chi connectivity index (χ4n) is 1.38. The molecule has 80 valence electrons. The summed E-state index contributed by atoms with van der Waals surface area (Å²) in [6.07, 6.45) is 1.56. The topological polar surface area (TPSA) is 35.8 Å². The molecular formula is C12H15BrN2. The van der Waals surface area contributed by atoms with Gasteiger partial charge in [0.25, 0.3) is 0 Å². The van der Waals surface area contributed by atoms with Gasteiger partial charge in [0.15, 0.2) is 0 Å². The van der Waals surface area contributed by atoms with Gasteiger partial charge >= 0.3 is 0 Å². The largest absolute Gasteiger partial charge is 0.309 e. The lowest BCUT2D eigenvalue weighted by Gasteiger charge is -2.13. The number of halogens is 1. The molecule has 0 heterocycles. The predicted molar refractivity (Wildman–Crippen MR) is 65.3 cm³/mol. The highest BCUT2D eigenvalue weighted by atomic mass is 79.9. The van der Waals surface area contributed by atoms with Gasteiger partial charge in [-0.1, -0.05) is 35.0 Å². The van der Waals surface area contributed by atoms with Crippen molar-refractivity contribution in [2.75, 3.05) is 0 Å². The molecule has 0 aliphatic carbocycles. The van der Waals surface area contributed by atoms with Gasteiger partial charge in [-0.15, -0.1) is 0 Å². The quantitative estimate of drug-likeness (QED) is 0.889. The van der Waals surface area contributed by atoms with Gasteiger partial charge in [-0.05, 0) is 24.1 Å². The standard InChI is InChI=1S/C12H15BrN2/c1-2-12(6-7-14)15-9-10-4-3-5-11(13)8-10/h3-5,8,12,15H,2,6,9H2,1H3/t12-/m1/s1. The summed E-state index contributed by atoms with van der Waals surface area (Å²) in [6.45, 7) is 2.91. The van der Waals surface area contributed by atoms with Crippen LogP contribution in [0.3, 0.4) is 0 Å². The maximum atomic E-state index is 8.61. The molecule has 1 rings (SSSR count). The summed E-state index contributed by atoms with van der Waals surface area (Å²) >= 11 is 3.44. The van der Waals surface area contributed by atoms with E-state index in [0.717, 1.165) is 17.4 Å². The van der Waals surface area contributed by atoms with Crippen LogP contribution in [0.25, 0.3) is 0 Å². The van der Waals surface area contributed by atoms with Crippen LogP contribution in [0.1, 0.15) is 25.3 Å². The van der Waals surface area contributed by atoms with Gasteiger partial charge in [-0.25, -0.2) is 0 Å². The highest BCUT2D eigenvalue weighted by Crippen LogP contribution is 2.11. The summed E-state index contributed by atoms with van der Waals surface area (Å²) in [5.41, 5.74) is 1.24. The summed E-state index contributed by atoms with van der Waals surface area (Å²) in [6, 6.07) is 10.7. The zero-order valence-corrected chi connectivity index (χ0v) is 10.4. The molecule has 0 radical (unpaired) electrons. The van der Waals surface area contributed by atoms with Gasteiger partial charge in [0.2, 0.25) is 0 Å². The lowest BCUT2D eigenvalue weighted by molar-refractivity contribution is 0.505. The van der Waals surface area contributed by atoms with Crippen molar-refractivity contribution in [1.82, 2.24) is 5.32 Å². The number of nitrogens with zero attached hydrogens (tertiary/aromatic N) is 1. The monoisotopic (exact) mass is 266 g/mol. The first-order valence-corrected chi connectivity index (χ1v) is 5.90. The molecule has 15 heavy (non-hydrogen) atoms. The zero-order chi connectivity index (χ0) is 11.1. The maximum absolute atomic E-state index is 8.61. The van der Waals surface area contributed by atoms with Crippen LogP contribution in [-0.2, 0) is 6.54 Å². The Hall–Kier alpha value is -0.850. The van der Waals surface area contributed by atoms with E-state index in [-0.39, 0.29) is 0 Å². The molecule has 3 heteroatoms. The molecule has 0 spiro atoms. The number of hydrogen-bond acceptors (Lipinski definition) is 2. The van der Waals surface area contributed by atoms with Crippen molar-refractivity contribution in [3.63, 3.8) is 0 Å². The fourth-order valence-corrected chi connectivity index (χ4v) is 1.83. The molecule has 1 N–H and O–H groups in total. The summed E-state index contributed by atoms with van der Waals surface area (Å²) in [7, 11) is 0. The first-order chi connectivity index (χ1) is 7.26. The summed E-state index contributed by atoms with van der Waals surface area (Å²) < 4.78 is 1.09. The molecule has 0 saturated heterocycles. The highest BCUT2D eigenvalue weighted by molar-refractivity contribution is 9.10. The minimum absolute atomic E-state index is 0.300. The number of hydrogen-bond donors (Lipinski definition) is 1. The highest BCUT2D eigenvalue weighted by Gasteiger charge is 2.04. The summed E-state index contributed by atoms with van der Waals surface area (Å²) in [4.78, 5) is 0. The Balaban J connectivity index is 2.46. The van der Waals surface area contributed by atoms with Crippen molar-refractivity contribution in [3.05, 3.63) is 34.3 Å². The Labute approximate surface area is 99.4 Å². The zero-order valence-electron chi connectivity index (χ0n) is 8.83. The normalized spacial score (nSPS) is 12.1. The average Bonchev–Trinajstić information content (AvgIpc) is 2.24. The first-order valence-electron chi connectivity index (χ1n) is 5.11. The Morgan fingerprint density at radius 1 is 1.53 bits per heavy atom. The molecular weight excluding hydrogens is 252 g/mol. The molecule has 0 saturated carbocycles. The predicted octanol–water partition coefficient (Wildman–Crippen LogP) is 3.23. The fraction of sp³-hybridized carbons (Fsp3) is 0.417. The van der Waals surface area contributed by atoms with Gasteiger partial charge in [0.1, 0.15) is 0 Å². The van der Waals surface area contributed by atoms with Crippen LogP contribution >= 0.6 is 15.9 Å². The van der Waals surface area contributed by atoms with Gasteiger partial charge in [0, 0.05) is 17.1 Å². The Morgan fingerprint density at radius 3 is 2.93 bits per heavy atom. The molecule has 1 atom stereocenters. The molecule has 0 fully saturated rings. The Kier molecular flexibility index (Phi) is 5.38. The Bertz CT molecular complexity index is 344. The molecule has 0 unspecified atom stereocenters. The van der Waals surface area contributed by atoms with Gasteiger partial charge in [-0.2, -0.15) is 5.26 Å². The number of nitrogens with one attached hydrogen (secondary N) is 1. The van der Waals surface area contributed by atoms with E-state index < -0.39 is 0 Å². The average molecular weight is 267 g/mol. The minimum Gasteiger partial charge on any atom is -0.309 e. The molecule has 0 aliphatic heterocycles. The summed E-state index contributed by atoms with van der Waals surface area (Å²) in [5, 5.41) is 12.0. The third-order valence-corrected chi connectivity index (χ3v) is 2.81. The van der Waals surface area contributed by atoms with Crippen LogP contribution in [0.5, 0.6) is 0 Å². The van der Waals surface area contributed by atoms with Gasteiger partial charge in [0.05, 0.1) is 12.5 Å². The van der Waals surface area contributed by atoms with E-state index >= 15 is 0 Å². The second kappa shape index (κ2) is 6.60. The molecule has 1 aromatic rings. The maximum Gasteiger partial charge on any atom is 0.0638 e. The van der Waals surface area contributed by atoms with E-state index in [2.05, 4.69) is 46.4 Å². The molecule has 0 aliphatic rings.